The molecular formula is C11H11ClN2O3. The fourth-order valence-corrected chi connectivity index (χ4v) is 1.85. The number of rotatable bonds is 1. The van der Waals surface area contributed by atoms with E-state index in [4.69, 9.17) is 16.3 Å². The molecule has 0 saturated carbocycles. The number of amides is 2. The predicted octanol–water partition coefficient (Wildman–Crippen LogP) is 1.42. The van der Waals surface area contributed by atoms with E-state index in [1.165, 1.54) is 7.11 Å². The number of benzene rings is 1. The van der Waals surface area contributed by atoms with Crippen LogP contribution in [0.4, 0.5) is 5.69 Å². The van der Waals surface area contributed by atoms with E-state index in [1.54, 1.807) is 19.1 Å². The van der Waals surface area contributed by atoms with Gasteiger partial charge in [0.25, 0.3) is 5.91 Å². The lowest BCUT2D eigenvalue weighted by molar-refractivity contribution is -0.117. The molecule has 5 nitrogen and oxygen atoms in total. The Balaban J connectivity index is 2.64. The summed E-state index contributed by atoms with van der Waals surface area (Å²) in [6.07, 6.45) is 0. The molecule has 1 heterocycles. The molecule has 6 heteroatoms. The molecule has 17 heavy (non-hydrogen) atoms. The van der Waals surface area contributed by atoms with Crippen molar-refractivity contribution in [1.29, 1.82) is 0 Å². The quantitative estimate of drug-likeness (QED) is 0.796. The second-order valence-corrected chi connectivity index (χ2v) is 4.09. The van der Waals surface area contributed by atoms with Crippen LogP contribution >= 0.6 is 11.6 Å². The van der Waals surface area contributed by atoms with Gasteiger partial charge in [0, 0.05) is 0 Å². The Bertz CT molecular complexity index is 502. The van der Waals surface area contributed by atoms with Gasteiger partial charge in [0.15, 0.2) is 0 Å². The standard InChI is InChI=1S/C11H11ClN2O3/c1-5-10(15)14-9-6(12)3-4-7(17-2)8(9)11(16)13-5/h3-5H,1-2H3,(H,13,16)(H,14,15). The van der Waals surface area contributed by atoms with Crippen molar-refractivity contribution in [2.75, 3.05) is 12.4 Å². The van der Waals surface area contributed by atoms with E-state index < -0.39 is 6.04 Å². The van der Waals surface area contributed by atoms with Gasteiger partial charge >= 0.3 is 0 Å². The van der Waals surface area contributed by atoms with Crippen molar-refractivity contribution in [2.45, 2.75) is 13.0 Å². The van der Waals surface area contributed by atoms with Crippen LogP contribution in [0, 0.1) is 0 Å². The van der Waals surface area contributed by atoms with Crippen LogP contribution in [0.2, 0.25) is 5.02 Å². The topological polar surface area (TPSA) is 67.4 Å². The molecule has 1 unspecified atom stereocenters. The summed E-state index contributed by atoms with van der Waals surface area (Å²) in [7, 11) is 1.45. The van der Waals surface area contributed by atoms with E-state index in [9.17, 15) is 9.59 Å². The minimum Gasteiger partial charge on any atom is -0.496 e. The maximum Gasteiger partial charge on any atom is 0.257 e. The maximum atomic E-state index is 12.0. The lowest BCUT2D eigenvalue weighted by Gasteiger charge is -2.11. The van der Waals surface area contributed by atoms with Crippen LogP contribution in [0.1, 0.15) is 17.3 Å². The Morgan fingerprint density at radius 2 is 2.06 bits per heavy atom. The van der Waals surface area contributed by atoms with Gasteiger partial charge in [-0.25, -0.2) is 0 Å². The van der Waals surface area contributed by atoms with Crippen molar-refractivity contribution in [3.8, 4) is 5.75 Å². The van der Waals surface area contributed by atoms with Gasteiger partial charge in [-0.2, -0.15) is 0 Å². The first-order chi connectivity index (χ1) is 8.04. The summed E-state index contributed by atoms with van der Waals surface area (Å²) in [5.41, 5.74) is 0.538. The van der Waals surface area contributed by atoms with Gasteiger partial charge in [0.1, 0.15) is 17.4 Å². The number of nitrogens with one attached hydrogen (secondary N) is 2. The first kappa shape index (κ1) is 11.7. The zero-order valence-corrected chi connectivity index (χ0v) is 10.1. The summed E-state index contributed by atoms with van der Waals surface area (Å²) in [5, 5.41) is 5.48. The average molecular weight is 255 g/mol. The number of hydrogen-bond donors (Lipinski definition) is 2. The number of ether oxygens (including phenoxy) is 1. The van der Waals surface area contributed by atoms with Crippen molar-refractivity contribution in [3.63, 3.8) is 0 Å². The van der Waals surface area contributed by atoms with E-state index in [0.717, 1.165) is 0 Å². The molecule has 0 saturated heterocycles. The number of anilines is 1. The molecule has 0 bridgehead atoms. The number of fused-ring (bicyclic) bond motifs is 1. The normalized spacial score (nSPS) is 18.9. The van der Waals surface area contributed by atoms with Gasteiger partial charge in [0.2, 0.25) is 5.91 Å². The molecule has 0 fully saturated rings. The Morgan fingerprint density at radius 3 is 2.71 bits per heavy atom. The highest BCUT2D eigenvalue weighted by Gasteiger charge is 2.28. The van der Waals surface area contributed by atoms with Crippen molar-refractivity contribution in [3.05, 3.63) is 22.7 Å². The summed E-state index contributed by atoms with van der Waals surface area (Å²) >= 11 is 5.97. The first-order valence-electron chi connectivity index (χ1n) is 5.02. The largest absolute Gasteiger partial charge is 0.496 e. The third-order valence-corrected chi connectivity index (χ3v) is 2.87. The maximum absolute atomic E-state index is 12.0. The summed E-state index contributed by atoms with van der Waals surface area (Å²) in [6.45, 7) is 1.60. The van der Waals surface area contributed by atoms with Crippen molar-refractivity contribution >= 4 is 29.1 Å². The number of halogens is 1. The minimum atomic E-state index is -0.615. The van der Waals surface area contributed by atoms with E-state index in [-0.39, 0.29) is 23.1 Å². The fraction of sp³-hybridized carbons (Fsp3) is 0.273. The molecule has 90 valence electrons. The van der Waals surface area contributed by atoms with Crippen LogP contribution in [-0.4, -0.2) is 25.0 Å². The molecule has 2 N–H and O–H groups in total. The lowest BCUT2D eigenvalue weighted by atomic mass is 10.1. The number of hydrogen-bond acceptors (Lipinski definition) is 3. The summed E-state index contributed by atoms with van der Waals surface area (Å²) < 4.78 is 5.09. The number of carbonyl (C=O) groups is 2. The molecule has 0 radical (unpaired) electrons. The second-order valence-electron chi connectivity index (χ2n) is 3.68. The van der Waals surface area contributed by atoms with E-state index >= 15 is 0 Å². The van der Waals surface area contributed by atoms with Gasteiger partial charge in [0.05, 0.1) is 17.8 Å². The predicted molar refractivity (Wildman–Crippen MR) is 63.6 cm³/mol. The van der Waals surface area contributed by atoms with Crippen LogP contribution in [0.5, 0.6) is 5.75 Å². The molecule has 2 amide bonds. The third-order valence-electron chi connectivity index (χ3n) is 2.55. The van der Waals surface area contributed by atoms with Gasteiger partial charge in [-0.15, -0.1) is 0 Å². The van der Waals surface area contributed by atoms with Crippen LogP contribution in [0.25, 0.3) is 0 Å². The highest BCUT2D eigenvalue weighted by atomic mass is 35.5. The SMILES string of the molecule is COc1ccc(Cl)c2c1C(=O)NC(C)C(=O)N2. The smallest absolute Gasteiger partial charge is 0.257 e. The molecular weight excluding hydrogens is 244 g/mol. The summed E-state index contributed by atoms with van der Waals surface area (Å²) in [5.74, 6) is -0.325. The molecule has 2 rings (SSSR count). The first-order valence-corrected chi connectivity index (χ1v) is 5.40. The van der Waals surface area contributed by atoms with Gasteiger partial charge in [-0.05, 0) is 19.1 Å². The van der Waals surface area contributed by atoms with Crippen molar-refractivity contribution in [1.82, 2.24) is 5.32 Å². The van der Waals surface area contributed by atoms with Crippen LogP contribution in [-0.2, 0) is 4.79 Å². The fourth-order valence-electron chi connectivity index (χ4n) is 1.64. The third kappa shape index (κ3) is 1.93. The minimum absolute atomic E-state index is 0.248. The molecule has 1 aliphatic rings. The molecule has 0 aromatic heterocycles. The van der Waals surface area contributed by atoms with Crippen LogP contribution < -0.4 is 15.4 Å². The average Bonchev–Trinajstić information content (AvgIpc) is 2.40. The zero-order chi connectivity index (χ0) is 12.6. The Hall–Kier alpha value is -1.75. The Labute approximate surface area is 103 Å². The Kier molecular flexibility index (Phi) is 2.93. The van der Waals surface area contributed by atoms with Crippen LogP contribution in [0.15, 0.2) is 12.1 Å². The number of carbonyl (C=O) groups excluding carboxylic acids is 2. The van der Waals surface area contributed by atoms with Crippen molar-refractivity contribution < 1.29 is 14.3 Å². The zero-order valence-electron chi connectivity index (χ0n) is 9.33. The Morgan fingerprint density at radius 1 is 1.35 bits per heavy atom. The highest BCUT2D eigenvalue weighted by Crippen LogP contribution is 2.34. The summed E-state index contributed by atoms with van der Waals surface area (Å²) in [6, 6.07) is 2.54. The van der Waals surface area contributed by atoms with Gasteiger partial charge in [-0.3, -0.25) is 9.59 Å². The van der Waals surface area contributed by atoms with Crippen molar-refractivity contribution in [2.24, 2.45) is 0 Å². The molecule has 0 aliphatic carbocycles. The van der Waals surface area contributed by atoms with E-state index in [0.29, 0.717) is 10.8 Å². The highest BCUT2D eigenvalue weighted by molar-refractivity contribution is 6.35. The summed E-state index contributed by atoms with van der Waals surface area (Å²) in [4.78, 5) is 23.6. The van der Waals surface area contributed by atoms with E-state index in [2.05, 4.69) is 10.6 Å². The van der Waals surface area contributed by atoms with Gasteiger partial charge in [-0.1, -0.05) is 11.6 Å². The molecule has 1 atom stereocenters. The molecule has 1 aromatic carbocycles. The second kappa shape index (κ2) is 4.25. The number of methoxy groups -OCH3 is 1. The molecule has 0 spiro atoms. The van der Waals surface area contributed by atoms with Crippen LogP contribution in [0.3, 0.4) is 0 Å². The molecule has 1 aliphatic heterocycles. The lowest BCUT2D eigenvalue weighted by Crippen LogP contribution is -2.38. The molecule has 1 aromatic rings. The van der Waals surface area contributed by atoms with Gasteiger partial charge < -0.3 is 15.4 Å². The van der Waals surface area contributed by atoms with E-state index in [1.807, 2.05) is 0 Å². The monoisotopic (exact) mass is 254 g/mol.